The largest absolute Gasteiger partial charge is 0.380 e. The highest BCUT2D eigenvalue weighted by molar-refractivity contribution is 5.84. The van der Waals surface area contributed by atoms with Gasteiger partial charge in [0.15, 0.2) is 11.6 Å². The standard InChI is InChI=1S/2C6H5N3O.4C2H6/c2*7-5-4-2-1-3-8-6(4)10-9-5;4*1-2/h2*1-3H,(H2,7,9);4*1-2H3. The van der Waals surface area contributed by atoms with E-state index >= 15 is 0 Å². The molecular weight excluding hydrogens is 356 g/mol. The van der Waals surface area contributed by atoms with Gasteiger partial charge in [-0.2, -0.15) is 0 Å². The van der Waals surface area contributed by atoms with E-state index in [1.54, 1.807) is 24.5 Å². The average molecular weight is 391 g/mol. The number of nitrogens with two attached hydrogens (primary N) is 2. The third-order valence-corrected chi connectivity index (χ3v) is 2.56. The molecule has 0 unspecified atom stereocenters. The molecule has 4 aromatic heterocycles. The second kappa shape index (κ2) is 17.3. The molecule has 0 atom stereocenters. The molecule has 4 aromatic rings. The maximum Gasteiger partial charge on any atom is 0.259 e. The Hall–Kier alpha value is -3.16. The van der Waals surface area contributed by atoms with Crippen molar-refractivity contribution in [3.63, 3.8) is 0 Å². The van der Waals surface area contributed by atoms with E-state index < -0.39 is 0 Å². The highest BCUT2D eigenvalue weighted by Crippen LogP contribution is 2.16. The Labute approximate surface area is 167 Å². The highest BCUT2D eigenvalue weighted by Gasteiger charge is 2.02. The molecule has 0 aliphatic carbocycles. The predicted octanol–water partition coefficient (Wildman–Crippen LogP) is 5.71. The Kier molecular flexibility index (Phi) is 16.7. The van der Waals surface area contributed by atoms with Gasteiger partial charge in [0.05, 0.1) is 10.8 Å². The molecule has 0 aliphatic heterocycles. The fourth-order valence-corrected chi connectivity index (χ4v) is 1.60. The van der Waals surface area contributed by atoms with Crippen molar-refractivity contribution in [1.82, 2.24) is 20.3 Å². The fourth-order valence-electron chi connectivity index (χ4n) is 1.60. The van der Waals surface area contributed by atoms with Gasteiger partial charge >= 0.3 is 0 Å². The van der Waals surface area contributed by atoms with Crippen LogP contribution in [0.2, 0.25) is 0 Å². The van der Waals surface area contributed by atoms with E-state index in [2.05, 4.69) is 20.3 Å². The summed E-state index contributed by atoms with van der Waals surface area (Å²) in [6.07, 6.45) is 3.26. The SMILES string of the molecule is CC.CC.CC.CC.Nc1noc2ncccc12.Nc1noc2ncccc12. The molecule has 156 valence electrons. The van der Waals surface area contributed by atoms with E-state index in [1.165, 1.54) is 0 Å². The number of fused-ring (bicyclic) bond motifs is 2. The summed E-state index contributed by atoms with van der Waals surface area (Å²) in [4.78, 5) is 7.79. The van der Waals surface area contributed by atoms with E-state index in [-0.39, 0.29) is 0 Å². The Morgan fingerprint density at radius 1 is 0.607 bits per heavy atom. The van der Waals surface area contributed by atoms with Gasteiger partial charge in [0.2, 0.25) is 0 Å². The van der Waals surface area contributed by atoms with Gasteiger partial charge < -0.3 is 20.5 Å². The quantitative estimate of drug-likeness (QED) is 0.390. The van der Waals surface area contributed by atoms with E-state index in [9.17, 15) is 0 Å². The molecule has 4 heterocycles. The average Bonchev–Trinajstić information content (AvgIpc) is 3.38. The minimum absolute atomic E-state index is 0.392. The molecule has 0 saturated carbocycles. The minimum atomic E-state index is 0.392. The second-order valence-electron chi connectivity index (χ2n) is 3.85. The first kappa shape index (κ1) is 27.1. The fraction of sp³-hybridized carbons (Fsp3) is 0.400. The molecule has 8 heteroatoms. The molecule has 0 aliphatic rings. The Balaban J connectivity index is 0. The lowest BCUT2D eigenvalue weighted by atomic mass is 10.3. The summed E-state index contributed by atoms with van der Waals surface area (Å²) in [5, 5.41) is 8.60. The molecule has 8 nitrogen and oxygen atoms in total. The molecule has 0 radical (unpaired) electrons. The van der Waals surface area contributed by atoms with E-state index in [4.69, 9.17) is 20.5 Å². The second-order valence-corrected chi connectivity index (χ2v) is 3.85. The number of nitrogen functional groups attached to an aromatic ring is 2. The third-order valence-electron chi connectivity index (χ3n) is 2.56. The molecule has 28 heavy (non-hydrogen) atoms. The summed E-state index contributed by atoms with van der Waals surface area (Å²) in [6.45, 7) is 16.0. The van der Waals surface area contributed by atoms with Gasteiger partial charge in [-0.25, -0.2) is 9.97 Å². The summed E-state index contributed by atoms with van der Waals surface area (Å²) < 4.78 is 9.53. The van der Waals surface area contributed by atoms with Crippen LogP contribution in [0.4, 0.5) is 11.6 Å². The first-order valence-electron chi connectivity index (χ1n) is 9.67. The molecule has 0 saturated heterocycles. The zero-order chi connectivity index (χ0) is 21.9. The van der Waals surface area contributed by atoms with Crippen LogP contribution in [0.25, 0.3) is 22.2 Å². The topological polar surface area (TPSA) is 130 Å². The smallest absolute Gasteiger partial charge is 0.259 e. The van der Waals surface area contributed by atoms with Crippen molar-refractivity contribution in [2.45, 2.75) is 55.4 Å². The van der Waals surface area contributed by atoms with Crippen molar-refractivity contribution < 1.29 is 9.05 Å². The van der Waals surface area contributed by atoms with Crippen molar-refractivity contribution >= 4 is 33.8 Å². The van der Waals surface area contributed by atoms with Crippen LogP contribution >= 0.6 is 0 Å². The number of anilines is 2. The minimum Gasteiger partial charge on any atom is -0.380 e. The van der Waals surface area contributed by atoms with Gasteiger partial charge in [0.25, 0.3) is 11.4 Å². The van der Waals surface area contributed by atoms with E-state index in [1.807, 2.05) is 67.5 Å². The molecule has 0 fully saturated rings. The Bertz CT molecular complexity index is 786. The van der Waals surface area contributed by atoms with Crippen LogP contribution in [0.1, 0.15) is 55.4 Å². The van der Waals surface area contributed by atoms with Gasteiger partial charge in [-0.3, -0.25) is 0 Å². The lowest BCUT2D eigenvalue weighted by Gasteiger charge is -1.81. The number of hydrogen-bond acceptors (Lipinski definition) is 8. The molecule has 0 bridgehead atoms. The van der Waals surface area contributed by atoms with Crippen LogP contribution in [0.5, 0.6) is 0 Å². The van der Waals surface area contributed by atoms with Gasteiger partial charge in [-0.1, -0.05) is 65.7 Å². The lowest BCUT2D eigenvalue weighted by molar-refractivity contribution is 0.452. The van der Waals surface area contributed by atoms with Gasteiger partial charge in [0.1, 0.15) is 0 Å². The van der Waals surface area contributed by atoms with Crippen molar-refractivity contribution in [1.29, 1.82) is 0 Å². The Morgan fingerprint density at radius 3 is 1.21 bits per heavy atom. The van der Waals surface area contributed by atoms with Crippen LogP contribution in [0.15, 0.2) is 45.7 Å². The molecule has 0 aromatic carbocycles. The van der Waals surface area contributed by atoms with Crippen LogP contribution in [0, 0.1) is 0 Å². The summed E-state index contributed by atoms with van der Waals surface area (Å²) in [7, 11) is 0. The zero-order valence-corrected chi connectivity index (χ0v) is 18.2. The first-order chi connectivity index (χ1) is 13.8. The molecule has 4 rings (SSSR count). The number of rotatable bonds is 0. The molecule has 4 N–H and O–H groups in total. The van der Waals surface area contributed by atoms with Crippen LogP contribution in [0.3, 0.4) is 0 Å². The number of pyridine rings is 2. The van der Waals surface area contributed by atoms with Crippen molar-refractivity contribution in [3.05, 3.63) is 36.7 Å². The van der Waals surface area contributed by atoms with Crippen molar-refractivity contribution in [3.8, 4) is 0 Å². The van der Waals surface area contributed by atoms with Gasteiger partial charge in [-0.05, 0) is 24.3 Å². The van der Waals surface area contributed by atoms with E-state index in [0.717, 1.165) is 10.8 Å². The summed E-state index contributed by atoms with van der Waals surface area (Å²) in [5.41, 5.74) is 11.8. The monoisotopic (exact) mass is 390 g/mol. The van der Waals surface area contributed by atoms with E-state index in [0.29, 0.717) is 23.1 Å². The van der Waals surface area contributed by atoms with Crippen molar-refractivity contribution in [2.24, 2.45) is 0 Å². The predicted molar refractivity (Wildman–Crippen MR) is 118 cm³/mol. The summed E-state index contributed by atoms with van der Waals surface area (Å²) in [6, 6.07) is 7.20. The lowest BCUT2D eigenvalue weighted by Crippen LogP contribution is -1.82. The number of nitrogens with zero attached hydrogens (tertiary/aromatic N) is 4. The molecule has 0 spiro atoms. The third kappa shape index (κ3) is 8.03. The summed E-state index contributed by atoms with van der Waals surface area (Å²) in [5.74, 6) is 0.784. The Morgan fingerprint density at radius 2 is 0.929 bits per heavy atom. The van der Waals surface area contributed by atoms with Crippen molar-refractivity contribution in [2.75, 3.05) is 11.5 Å². The number of hydrogen-bond donors (Lipinski definition) is 2. The maximum atomic E-state index is 5.43. The zero-order valence-electron chi connectivity index (χ0n) is 18.2. The van der Waals surface area contributed by atoms with Gasteiger partial charge in [-0.15, -0.1) is 0 Å². The van der Waals surface area contributed by atoms with Gasteiger partial charge in [0, 0.05) is 12.4 Å². The molecular formula is C20H34N6O2. The normalized spacial score (nSPS) is 8.29. The van der Waals surface area contributed by atoms with Crippen LogP contribution < -0.4 is 11.5 Å². The van der Waals surface area contributed by atoms with Crippen LogP contribution in [-0.2, 0) is 0 Å². The summed E-state index contributed by atoms with van der Waals surface area (Å²) >= 11 is 0. The first-order valence-corrected chi connectivity index (χ1v) is 9.67. The highest BCUT2D eigenvalue weighted by atomic mass is 16.5. The number of aromatic nitrogens is 4. The molecule has 0 amide bonds. The maximum absolute atomic E-state index is 5.43. The van der Waals surface area contributed by atoms with Crippen LogP contribution in [-0.4, -0.2) is 20.3 Å².